The number of aryl methyl sites for hydroxylation is 1. The largest absolute Gasteiger partial charge is 0.346 e. The van der Waals surface area contributed by atoms with Gasteiger partial charge in [0, 0.05) is 4.48 Å². The minimum Gasteiger partial charge on any atom is -0.346 e. The second-order valence-corrected chi connectivity index (χ2v) is 7.58. The lowest BCUT2D eigenvalue weighted by molar-refractivity contribution is -0.121. The molecule has 5 heteroatoms. The first-order valence-electron chi connectivity index (χ1n) is 8.58. The molecule has 2 aromatic carbocycles. The lowest BCUT2D eigenvalue weighted by Crippen LogP contribution is -2.30. The van der Waals surface area contributed by atoms with E-state index >= 15 is 0 Å². The van der Waals surface area contributed by atoms with Gasteiger partial charge in [-0.05, 0) is 37.1 Å². The zero-order valence-corrected chi connectivity index (χ0v) is 16.6. The third-order valence-electron chi connectivity index (χ3n) is 4.39. The smallest absolute Gasteiger partial charge is 0.225 e. The standard InChI is InChI=1S/C21H22BrN3O/c1-14-8-4-5-9-17(14)12-20(26)23-16(3)21-24-18-10-6-7-11-19(18)25(21)13-15(2)22/h4-11,16H,2,12-13H2,1,3H3,(H,23,26). The van der Waals surface area contributed by atoms with Gasteiger partial charge in [-0.2, -0.15) is 0 Å². The van der Waals surface area contributed by atoms with E-state index in [1.54, 1.807) is 0 Å². The van der Waals surface area contributed by atoms with Gasteiger partial charge in [0.05, 0.1) is 30.0 Å². The van der Waals surface area contributed by atoms with Crippen molar-refractivity contribution in [2.24, 2.45) is 0 Å². The van der Waals surface area contributed by atoms with E-state index < -0.39 is 0 Å². The van der Waals surface area contributed by atoms with E-state index in [1.165, 1.54) is 0 Å². The summed E-state index contributed by atoms with van der Waals surface area (Å²) in [6, 6.07) is 15.7. The molecule has 3 aromatic rings. The van der Waals surface area contributed by atoms with Crippen molar-refractivity contribution >= 4 is 32.9 Å². The van der Waals surface area contributed by atoms with Crippen molar-refractivity contribution in [3.8, 4) is 0 Å². The van der Waals surface area contributed by atoms with Crippen molar-refractivity contribution in [2.75, 3.05) is 0 Å². The van der Waals surface area contributed by atoms with E-state index in [9.17, 15) is 4.79 Å². The second kappa shape index (κ2) is 7.87. The van der Waals surface area contributed by atoms with Gasteiger partial charge in [-0.25, -0.2) is 4.98 Å². The van der Waals surface area contributed by atoms with Crippen molar-refractivity contribution in [1.82, 2.24) is 14.9 Å². The van der Waals surface area contributed by atoms with Crippen LogP contribution in [0.5, 0.6) is 0 Å². The minimum atomic E-state index is -0.203. The average Bonchev–Trinajstić information content (AvgIpc) is 2.95. The Hall–Kier alpha value is -2.40. The molecule has 0 bridgehead atoms. The van der Waals surface area contributed by atoms with Crippen molar-refractivity contribution < 1.29 is 4.79 Å². The predicted molar refractivity (Wildman–Crippen MR) is 109 cm³/mol. The van der Waals surface area contributed by atoms with Gasteiger partial charge in [-0.15, -0.1) is 0 Å². The number of hydrogen-bond donors (Lipinski definition) is 1. The number of aromatic nitrogens is 2. The van der Waals surface area contributed by atoms with Crippen LogP contribution in [0.3, 0.4) is 0 Å². The van der Waals surface area contributed by atoms with E-state index in [2.05, 4.69) is 32.4 Å². The van der Waals surface area contributed by atoms with Crippen molar-refractivity contribution in [3.63, 3.8) is 0 Å². The fourth-order valence-corrected chi connectivity index (χ4v) is 3.35. The number of nitrogens with one attached hydrogen (secondary N) is 1. The van der Waals surface area contributed by atoms with Gasteiger partial charge >= 0.3 is 0 Å². The van der Waals surface area contributed by atoms with Gasteiger partial charge in [0.2, 0.25) is 5.91 Å². The Morgan fingerprint density at radius 2 is 1.92 bits per heavy atom. The van der Waals surface area contributed by atoms with Gasteiger partial charge in [-0.3, -0.25) is 4.79 Å². The van der Waals surface area contributed by atoms with Crippen LogP contribution in [0.1, 0.15) is 29.9 Å². The number of nitrogens with zero attached hydrogens (tertiary/aromatic N) is 2. The molecule has 1 amide bonds. The highest BCUT2D eigenvalue weighted by Crippen LogP contribution is 2.23. The number of allylic oxidation sites excluding steroid dienone is 1. The topological polar surface area (TPSA) is 46.9 Å². The highest BCUT2D eigenvalue weighted by Gasteiger charge is 2.19. The number of carbonyl (C=O) groups excluding carboxylic acids is 1. The Kier molecular flexibility index (Phi) is 5.57. The molecule has 1 atom stereocenters. The van der Waals surface area contributed by atoms with E-state index in [0.717, 1.165) is 32.5 Å². The van der Waals surface area contributed by atoms with Crippen LogP contribution in [0.25, 0.3) is 11.0 Å². The van der Waals surface area contributed by atoms with Crippen LogP contribution in [-0.2, 0) is 17.8 Å². The number of imidazole rings is 1. The number of para-hydroxylation sites is 2. The highest BCUT2D eigenvalue weighted by molar-refractivity contribution is 9.11. The summed E-state index contributed by atoms with van der Waals surface area (Å²) in [7, 11) is 0. The van der Waals surface area contributed by atoms with E-state index in [1.807, 2.05) is 62.4 Å². The Morgan fingerprint density at radius 3 is 2.65 bits per heavy atom. The zero-order chi connectivity index (χ0) is 18.7. The van der Waals surface area contributed by atoms with Gasteiger partial charge in [0.25, 0.3) is 0 Å². The molecule has 1 aromatic heterocycles. The molecule has 3 rings (SSSR count). The summed E-state index contributed by atoms with van der Waals surface area (Å²) in [5.74, 6) is 0.813. The van der Waals surface area contributed by atoms with E-state index in [-0.39, 0.29) is 11.9 Å². The maximum absolute atomic E-state index is 12.5. The van der Waals surface area contributed by atoms with Crippen LogP contribution in [-0.4, -0.2) is 15.5 Å². The van der Waals surface area contributed by atoms with Crippen LogP contribution in [0.15, 0.2) is 59.6 Å². The van der Waals surface area contributed by atoms with Gasteiger partial charge in [0.1, 0.15) is 5.82 Å². The van der Waals surface area contributed by atoms with Crippen LogP contribution in [0.2, 0.25) is 0 Å². The molecule has 0 saturated carbocycles. The molecule has 0 radical (unpaired) electrons. The number of fused-ring (bicyclic) bond motifs is 1. The number of hydrogen-bond acceptors (Lipinski definition) is 2. The summed E-state index contributed by atoms with van der Waals surface area (Å²) < 4.78 is 2.95. The lowest BCUT2D eigenvalue weighted by atomic mass is 10.1. The first kappa shape index (κ1) is 18.4. The zero-order valence-electron chi connectivity index (χ0n) is 15.0. The fourth-order valence-electron chi connectivity index (χ4n) is 3.10. The fraction of sp³-hybridized carbons (Fsp3) is 0.238. The Bertz CT molecular complexity index is 961. The molecule has 0 aliphatic rings. The number of amides is 1. The first-order valence-corrected chi connectivity index (χ1v) is 9.37. The number of carbonyl (C=O) groups is 1. The summed E-state index contributed by atoms with van der Waals surface area (Å²) in [6.45, 7) is 8.53. The summed E-state index contributed by atoms with van der Waals surface area (Å²) in [4.78, 5) is 17.3. The molecule has 1 heterocycles. The van der Waals surface area contributed by atoms with Crippen molar-refractivity contribution in [3.05, 3.63) is 76.5 Å². The minimum absolute atomic E-state index is 0.0110. The van der Waals surface area contributed by atoms with Crippen LogP contribution < -0.4 is 5.32 Å². The van der Waals surface area contributed by atoms with Crippen LogP contribution in [0.4, 0.5) is 0 Å². The predicted octanol–water partition coefficient (Wildman–Crippen LogP) is 4.67. The molecular formula is C21H22BrN3O. The third kappa shape index (κ3) is 4.05. The maximum Gasteiger partial charge on any atom is 0.225 e. The van der Waals surface area contributed by atoms with Gasteiger partial charge in [0.15, 0.2) is 0 Å². The van der Waals surface area contributed by atoms with Crippen LogP contribution in [0, 0.1) is 6.92 Å². The Balaban J connectivity index is 1.83. The molecule has 0 aliphatic carbocycles. The van der Waals surface area contributed by atoms with Gasteiger partial charge < -0.3 is 9.88 Å². The highest BCUT2D eigenvalue weighted by atomic mass is 79.9. The average molecular weight is 412 g/mol. The molecular weight excluding hydrogens is 390 g/mol. The van der Waals surface area contributed by atoms with E-state index in [0.29, 0.717) is 13.0 Å². The van der Waals surface area contributed by atoms with Crippen molar-refractivity contribution in [1.29, 1.82) is 0 Å². The first-order chi connectivity index (χ1) is 12.5. The van der Waals surface area contributed by atoms with Crippen LogP contribution >= 0.6 is 15.9 Å². The molecule has 1 N–H and O–H groups in total. The quantitative estimate of drug-likeness (QED) is 0.640. The molecule has 1 unspecified atom stereocenters. The number of benzene rings is 2. The molecule has 0 spiro atoms. The van der Waals surface area contributed by atoms with E-state index in [4.69, 9.17) is 4.98 Å². The lowest BCUT2D eigenvalue weighted by Gasteiger charge is -2.16. The summed E-state index contributed by atoms with van der Waals surface area (Å²) in [5.41, 5.74) is 4.11. The van der Waals surface area contributed by atoms with Crippen molar-refractivity contribution in [2.45, 2.75) is 32.9 Å². The Morgan fingerprint density at radius 1 is 1.23 bits per heavy atom. The molecule has 0 aliphatic heterocycles. The molecule has 4 nitrogen and oxygen atoms in total. The Labute approximate surface area is 162 Å². The molecule has 0 saturated heterocycles. The summed E-state index contributed by atoms with van der Waals surface area (Å²) in [5, 5.41) is 3.08. The maximum atomic E-state index is 12.5. The molecule has 26 heavy (non-hydrogen) atoms. The molecule has 134 valence electrons. The SMILES string of the molecule is C=C(Br)Cn1c(C(C)NC(=O)Cc2ccccc2C)nc2ccccc21. The third-order valence-corrected chi connectivity index (χ3v) is 4.64. The second-order valence-electron chi connectivity index (χ2n) is 6.45. The monoisotopic (exact) mass is 411 g/mol. The molecule has 0 fully saturated rings. The number of halogens is 1. The van der Waals surface area contributed by atoms with Gasteiger partial charge in [-0.1, -0.05) is 58.9 Å². The number of rotatable bonds is 6. The normalized spacial score (nSPS) is 12.1. The summed E-state index contributed by atoms with van der Waals surface area (Å²) in [6.07, 6.45) is 0.363. The summed E-state index contributed by atoms with van der Waals surface area (Å²) >= 11 is 3.44.